The van der Waals surface area contributed by atoms with Gasteiger partial charge < -0.3 is 10.5 Å². The molecule has 2 rings (SSSR count). The van der Waals surface area contributed by atoms with Crippen molar-refractivity contribution in [1.82, 2.24) is 15.2 Å². The zero-order valence-corrected chi connectivity index (χ0v) is 14.0. The van der Waals surface area contributed by atoms with E-state index in [-0.39, 0.29) is 10.6 Å². The first-order valence-corrected chi connectivity index (χ1v) is 7.77. The number of esters is 1. The molecule has 8 nitrogen and oxygen atoms in total. The lowest BCUT2D eigenvalue weighted by atomic mass is 10.2. The van der Waals surface area contributed by atoms with Crippen LogP contribution < -0.4 is 16.6 Å². The summed E-state index contributed by atoms with van der Waals surface area (Å²) in [5, 5.41) is 0.703. The molecule has 4 N–H and O–H groups in total. The monoisotopic (exact) mass is 368 g/mol. The highest BCUT2D eigenvalue weighted by Crippen LogP contribution is 2.21. The number of aromatic nitrogens is 1. The number of nitrogen functional groups attached to an aromatic ring is 1. The number of benzene rings is 1. The molecule has 0 aliphatic carbocycles. The minimum atomic E-state index is -0.752. The van der Waals surface area contributed by atoms with E-state index in [1.54, 1.807) is 19.1 Å². The molecule has 24 heavy (non-hydrogen) atoms. The molecular weight excluding hydrogens is 356 g/mol. The molecule has 2 aromatic rings. The van der Waals surface area contributed by atoms with Gasteiger partial charge in [-0.15, -0.1) is 0 Å². The molecule has 2 amide bonds. The molecule has 0 radical (unpaired) electrons. The van der Waals surface area contributed by atoms with Crippen molar-refractivity contribution in [2.24, 2.45) is 0 Å². The average molecular weight is 369 g/mol. The third-order valence-corrected chi connectivity index (χ3v) is 3.87. The van der Waals surface area contributed by atoms with Gasteiger partial charge in [0.25, 0.3) is 11.8 Å². The SMILES string of the molecule is Cc1nsc(N)c1C(=O)OCC(=O)NNC(=O)c1ccc(Cl)cc1. The Bertz CT molecular complexity index is 756. The van der Waals surface area contributed by atoms with Gasteiger partial charge in [0.05, 0.1) is 5.69 Å². The minimum absolute atomic E-state index is 0.137. The third-order valence-electron chi connectivity index (χ3n) is 2.85. The van der Waals surface area contributed by atoms with Crippen molar-refractivity contribution in [3.05, 3.63) is 46.1 Å². The van der Waals surface area contributed by atoms with Crippen LogP contribution in [0, 0.1) is 6.92 Å². The van der Waals surface area contributed by atoms with E-state index in [1.807, 2.05) is 0 Å². The molecule has 0 saturated heterocycles. The highest BCUT2D eigenvalue weighted by molar-refractivity contribution is 7.10. The van der Waals surface area contributed by atoms with Crippen LogP contribution in [-0.2, 0) is 9.53 Å². The number of hydrogen-bond donors (Lipinski definition) is 3. The van der Waals surface area contributed by atoms with Crippen LogP contribution in [0.4, 0.5) is 5.00 Å². The second-order valence-corrected chi connectivity index (χ2v) is 5.83. The van der Waals surface area contributed by atoms with Crippen molar-refractivity contribution in [2.75, 3.05) is 12.3 Å². The summed E-state index contributed by atoms with van der Waals surface area (Å²) in [6.07, 6.45) is 0. The first-order valence-electron chi connectivity index (χ1n) is 6.62. The molecule has 1 aromatic heterocycles. The van der Waals surface area contributed by atoms with Crippen LogP contribution in [0.2, 0.25) is 5.02 Å². The van der Waals surface area contributed by atoms with Gasteiger partial charge in [0, 0.05) is 10.6 Å². The van der Waals surface area contributed by atoms with Gasteiger partial charge in [-0.25, -0.2) is 4.79 Å². The van der Waals surface area contributed by atoms with Crippen LogP contribution in [0.1, 0.15) is 26.4 Å². The predicted octanol–water partition coefficient (Wildman–Crippen LogP) is 1.31. The van der Waals surface area contributed by atoms with E-state index in [2.05, 4.69) is 15.2 Å². The number of anilines is 1. The summed E-state index contributed by atoms with van der Waals surface area (Å²) in [4.78, 5) is 35.2. The number of nitrogens with one attached hydrogen (secondary N) is 2. The predicted molar refractivity (Wildman–Crippen MR) is 88.6 cm³/mol. The third kappa shape index (κ3) is 4.43. The number of hydrazine groups is 1. The summed E-state index contributed by atoms with van der Waals surface area (Å²) < 4.78 is 8.74. The Morgan fingerprint density at radius 1 is 1.25 bits per heavy atom. The zero-order valence-electron chi connectivity index (χ0n) is 12.5. The number of nitrogens with zero attached hydrogens (tertiary/aromatic N) is 1. The highest BCUT2D eigenvalue weighted by atomic mass is 35.5. The maximum absolute atomic E-state index is 11.8. The van der Waals surface area contributed by atoms with Gasteiger partial charge in [-0.1, -0.05) is 11.6 Å². The number of carbonyl (C=O) groups is 3. The zero-order chi connectivity index (χ0) is 17.7. The van der Waals surface area contributed by atoms with E-state index in [0.717, 1.165) is 11.5 Å². The Morgan fingerprint density at radius 3 is 2.50 bits per heavy atom. The topological polar surface area (TPSA) is 123 Å². The Labute approximate surface area is 146 Å². The summed E-state index contributed by atoms with van der Waals surface area (Å²) in [6.45, 7) is 1.03. The largest absolute Gasteiger partial charge is 0.452 e. The molecule has 0 atom stereocenters. The van der Waals surface area contributed by atoms with Gasteiger partial charge in [0.15, 0.2) is 6.61 Å². The highest BCUT2D eigenvalue weighted by Gasteiger charge is 2.19. The summed E-state index contributed by atoms with van der Waals surface area (Å²) in [5.74, 6) is -1.99. The van der Waals surface area contributed by atoms with Gasteiger partial charge in [-0.3, -0.25) is 20.4 Å². The van der Waals surface area contributed by atoms with Crippen molar-refractivity contribution < 1.29 is 19.1 Å². The van der Waals surface area contributed by atoms with Crippen LogP contribution >= 0.6 is 23.1 Å². The number of nitrogens with two attached hydrogens (primary N) is 1. The Balaban J connectivity index is 1.80. The number of aryl methyl sites for hydroxylation is 1. The van der Waals surface area contributed by atoms with Crippen molar-refractivity contribution in [2.45, 2.75) is 6.92 Å². The molecule has 0 unspecified atom stereocenters. The summed E-state index contributed by atoms with van der Waals surface area (Å²) >= 11 is 6.68. The molecule has 0 fully saturated rings. The Morgan fingerprint density at radius 2 is 1.92 bits per heavy atom. The first-order chi connectivity index (χ1) is 11.4. The molecule has 0 bridgehead atoms. The first kappa shape index (κ1) is 17.7. The molecule has 126 valence electrons. The fourth-order valence-electron chi connectivity index (χ4n) is 1.67. The minimum Gasteiger partial charge on any atom is -0.452 e. The van der Waals surface area contributed by atoms with E-state index < -0.39 is 24.4 Å². The van der Waals surface area contributed by atoms with E-state index in [9.17, 15) is 14.4 Å². The number of halogens is 1. The van der Waals surface area contributed by atoms with E-state index in [1.165, 1.54) is 12.1 Å². The Hall–Kier alpha value is -2.65. The van der Waals surface area contributed by atoms with Gasteiger partial charge in [0.1, 0.15) is 10.6 Å². The van der Waals surface area contributed by atoms with Crippen LogP contribution in [0.15, 0.2) is 24.3 Å². The fraction of sp³-hybridized carbons (Fsp3) is 0.143. The maximum atomic E-state index is 11.8. The Kier molecular flexibility index (Phi) is 5.72. The molecular formula is C14H13ClN4O4S. The fourth-order valence-corrected chi connectivity index (χ4v) is 2.45. The molecule has 0 aliphatic rings. The van der Waals surface area contributed by atoms with Crippen LogP contribution in [-0.4, -0.2) is 28.8 Å². The smallest absolute Gasteiger partial charge is 0.343 e. The van der Waals surface area contributed by atoms with Crippen LogP contribution in [0.5, 0.6) is 0 Å². The number of amides is 2. The summed E-state index contributed by atoms with van der Waals surface area (Å²) in [7, 11) is 0. The number of hydrogen-bond acceptors (Lipinski definition) is 7. The second-order valence-electron chi connectivity index (χ2n) is 4.59. The number of ether oxygens (including phenoxy) is 1. The van der Waals surface area contributed by atoms with Gasteiger partial charge >= 0.3 is 5.97 Å². The van der Waals surface area contributed by atoms with Crippen molar-refractivity contribution in [3.63, 3.8) is 0 Å². The van der Waals surface area contributed by atoms with Crippen LogP contribution in [0.3, 0.4) is 0 Å². The van der Waals surface area contributed by atoms with Gasteiger partial charge in [0.2, 0.25) is 0 Å². The summed E-state index contributed by atoms with van der Waals surface area (Å²) in [5.41, 5.74) is 10.8. The number of carbonyl (C=O) groups excluding carboxylic acids is 3. The lowest BCUT2D eigenvalue weighted by Gasteiger charge is -2.08. The average Bonchev–Trinajstić information content (AvgIpc) is 2.89. The second kappa shape index (κ2) is 7.75. The summed E-state index contributed by atoms with van der Waals surface area (Å²) in [6, 6.07) is 6.08. The molecule has 1 heterocycles. The lowest BCUT2D eigenvalue weighted by Crippen LogP contribution is -2.43. The van der Waals surface area contributed by atoms with Crippen molar-refractivity contribution in [1.29, 1.82) is 0 Å². The van der Waals surface area contributed by atoms with E-state index in [0.29, 0.717) is 16.3 Å². The maximum Gasteiger partial charge on any atom is 0.343 e. The standard InChI is InChI=1S/C14H13ClN4O4S/c1-7-11(12(16)24-19-7)14(22)23-6-10(20)17-18-13(21)8-2-4-9(15)5-3-8/h2-5H,6,16H2,1H3,(H,17,20)(H,18,21). The molecule has 1 aromatic carbocycles. The van der Waals surface area contributed by atoms with Crippen LogP contribution in [0.25, 0.3) is 0 Å². The number of rotatable bonds is 4. The normalized spacial score (nSPS) is 10.1. The molecule has 10 heteroatoms. The lowest BCUT2D eigenvalue weighted by molar-refractivity contribution is -0.125. The molecule has 0 aliphatic heterocycles. The van der Waals surface area contributed by atoms with Gasteiger partial charge in [-0.2, -0.15) is 4.37 Å². The molecule has 0 saturated carbocycles. The van der Waals surface area contributed by atoms with E-state index >= 15 is 0 Å². The quantitative estimate of drug-likeness (QED) is 0.552. The molecule has 0 spiro atoms. The van der Waals surface area contributed by atoms with Crippen molar-refractivity contribution in [3.8, 4) is 0 Å². The van der Waals surface area contributed by atoms with Crippen molar-refractivity contribution >= 4 is 45.9 Å². The van der Waals surface area contributed by atoms with E-state index in [4.69, 9.17) is 22.1 Å². The van der Waals surface area contributed by atoms with Gasteiger partial charge in [-0.05, 0) is 42.7 Å².